The number of Topliss-reactive ketones (excluding diaryl/α,β-unsaturated/α-hetero) is 1. The maximum absolute atomic E-state index is 12.3. The lowest BCUT2D eigenvalue weighted by atomic mass is 9.92. The molecule has 0 bridgehead atoms. The molecule has 1 aromatic heterocycles. The molecule has 0 amide bonds. The zero-order valence-electron chi connectivity index (χ0n) is 10.2. The van der Waals surface area contributed by atoms with Crippen LogP contribution in [0.3, 0.4) is 0 Å². The predicted octanol–water partition coefficient (Wildman–Crippen LogP) is 1.97. The van der Waals surface area contributed by atoms with Crippen LogP contribution < -0.4 is 5.73 Å². The molecule has 88 valence electrons. The van der Waals surface area contributed by atoms with E-state index in [1.165, 1.54) is 7.11 Å². The molecule has 1 aromatic rings. The quantitative estimate of drug-likeness (QED) is 0.791. The minimum atomic E-state index is -0.830. The summed E-state index contributed by atoms with van der Waals surface area (Å²) in [5.74, 6) is 0.138. The van der Waals surface area contributed by atoms with Crippen molar-refractivity contribution in [2.45, 2.75) is 32.8 Å². The first kappa shape index (κ1) is 12.6. The zero-order chi connectivity index (χ0) is 12.3. The van der Waals surface area contributed by atoms with E-state index in [1.54, 1.807) is 19.2 Å². The first-order valence-corrected chi connectivity index (χ1v) is 5.26. The normalized spacial score (nSPS) is 14.5. The number of anilines is 1. The molecule has 0 aliphatic carbocycles. The number of aromatic nitrogens is 1. The Morgan fingerprint density at radius 2 is 2.25 bits per heavy atom. The number of methoxy groups -OCH3 is 1. The Hall–Kier alpha value is -1.42. The van der Waals surface area contributed by atoms with Crippen LogP contribution in [0.25, 0.3) is 0 Å². The number of nitrogen functional groups attached to an aromatic ring is 1. The Bertz CT molecular complexity index is 398. The van der Waals surface area contributed by atoms with Gasteiger partial charge in [0.25, 0.3) is 0 Å². The van der Waals surface area contributed by atoms with E-state index in [1.807, 2.05) is 13.8 Å². The highest BCUT2D eigenvalue weighted by Gasteiger charge is 2.33. The van der Waals surface area contributed by atoms with Gasteiger partial charge in [0, 0.05) is 13.3 Å². The number of nitrogens with two attached hydrogens (primary N) is 1. The number of ether oxygens (including phenoxy) is 1. The van der Waals surface area contributed by atoms with Gasteiger partial charge in [-0.15, -0.1) is 0 Å². The van der Waals surface area contributed by atoms with Gasteiger partial charge in [0.05, 0.1) is 5.56 Å². The van der Waals surface area contributed by atoms with Crippen molar-refractivity contribution in [1.29, 1.82) is 0 Å². The Morgan fingerprint density at radius 1 is 1.62 bits per heavy atom. The SMILES string of the molecule is CCC(C)(OC)C(=O)c1cc(C)cnc1N. The lowest BCUT2D eigenvalue weighted by Gasteiger charge is -2.25. The second-order valence-corrected chi connectivity index (χ2v) is 4.06. The molecule has 1 atom stereocenters. The standard InChI is InChI=1S/C12H18N2O2/c1-5-12(3,16-4)10(15)9-6-8(2)7-14-11(9)13/h6-7H,5H2,1-4H3,(H2,13,14). The molecule has 4 nitrogen and oxygen atoms in total. The summed E-state index contributed by atoms with van der Waals surface area (Å²) in [7, 11) is 1.53. The summed E-state index contributed by atoms with van der Waals surface area (Å²) >= 11 is 0. The van der Waals surface area contributed by atoms with Gasteiger partial charge in [-0.3, -0.25) is 4.79 Å². The lowest BCUT2D eigenvalue weighted by Crippen LogP contribution is -2.37. The van der Waals surface area contributed by atoms with Gasteiger partial charge in [0.2, 0.25) is 0 Å². The molecular formula is C12H18N2O2. The number of carbonyl (C=O) groups is 1. The highest BCUT2D eigenvalue weighted by molar-refractivity contribution is 6.05. The van der Waals surface area contributed by atoms with Crippen LogP contribution in [-0.4, -0.2) is 23.5 Å². The van der Waals surface area contributed by atoms with Crippen LogP contribution in [0.4, 0.5) is 5.82 Å². The molecular weight excluding hydrogens is 204 g/mol. The van der Waals surface area contributed by atoms with E-state index in [0.717, 1.165) is 5.56 Å². The van der Waals surface area contributed by atoms with Gasteiger partial charge in [-0.05, 0) is 31.9 Å². The van der Waals surface area contributed by atoms with Crippen LogP contribution in [0.2, 0.25) is 0 Å². The molecule has 0 spiro atoms. The fourth-order valence-electron chi connectivity index (χ4n) is 1.44. The van der Waals surface area contributed by atoms with Crippen molar-refractivity contribution < 1.29 is 9.53 Å². The van der Waals surface area contributed by atoms with Crippen molar-refractivity contribution in [3.8, 4) is 0 Å². The first-order chi connectivity index (χ1) is 7.44. The van der Waals surface area contributed by atoms with Crippen LogP contribution in [0.1, 0.15) is 36.2 Å². The van der Waals surface area contributed by atoms with Crippen molar-refractivity contribution >= 4 is 11.6 Å². The summed E-state index contributed by atoms with van der Waals surface area (Å²) in [6.07, 6.45) is 2.23. The second kappa shape index (κ2) is 4.61. The van der Waals surface area contributed by atoms with Gasteiger partial charge in [0.1, 0.15) is 11.4 Å². The average Bonchev–Trinajstić information content (AvgIpc) is 2.30. The van der Waals surface area contributed by atoms with Crippen molar-refractivity contribution in [2.75, 3.05) is 12.8 Å². The Labute approximate surface area is 95.8 Å². The minimum absolute atomic E-state index is 0.119. The Kier molecular flexibility index (Phi) is 3.65. The smallest absolute Gasteiger partial charge is 0.198 e. The van der Waals surface area contributed by atoms with Gasteiger partial charge in [-0.1, -0.05) is 6.92 Å². The largest absolute Gasteiger partial charge is 0.383 e. The van der Waals surface area contributed by atoms with E-state index >= 15 is 0 Å². The highest BCUT2D eigenvalue weighted by atomic mass is 16.5. The first-order valence-electron chi connectivity index (χ1n) is 5.26. The van der Waals surface area contributed by atoms with Gasteiger partial charge in [0.15, 0.2) is 5.78 Å². The summed E-state index contributed by atoms with van der Waals surface area (Å²) in [6, 6.07) is 1.75. The molecule has 0 radical (unpaired) electrons. The van der Waals surface area contributed by atoms with E-state index in [4.69, 9.17) is 10.5 Å². The van der Waals surface area contributed by atoms with Crippen LogP contribution in [0, 0.1) is 6.92 Å². The third-order valence-electron chi connectivity index (χ3n) is 2.91. The second-order valence-electron chi connectivity index (χ2n) is 4.06. The monoisotopic (exact) mass is 222 g/mol. The third-order valence-corrected chi connectivity index (χ3v) is 2.91. The van der Waals surface area contributed by atoms with Gasteiger partial charge in [-0.2, -0.15) is 0 Å². The Balaban J connectivity index is 3.18. The number of aryl methyl sites for hydroxylation is 1. The molecule has 0 aliphatic heterocycles. The predicted molar refractivity (Wildman–Crippen MR) is 63.4 cm³/mol. The molecule has 0 saturated carbocycles. The molecule has 2 N–H and O–H groups in total. The molecule has 0 aromatic carbocycles. The number of ketones is 1. The van der Waals surface area contributed by atoms with Crippen LogP contribution in [0.5, 0.6) is 0 Å². The van der Waals surface area contributed by atoms with Crippen LogP contribution >= 0.6 is 0 Å². The van der Waals surface area contributed by atoms with Crippen molar-refractivity contribution in [2.24, 2.45) is 0 Å². The van der Waals surface area contributed by atoms with Crippen molar-refractivity contribution in [3.05, 3.63) is 23.4 Å². The van der Waals surface area contributed by atoms with Crippen molar-refractivity contribution in [1.82, 2.24) is 4.98 Å². The van der Waals surface area contributed by atoms with E-state index in [9.17, 15) is 4.79 Å². The summed E-state index contributed by atoms with van der Waals surface area (Å²) in [4.78, 5) is 16.2. The molecule has 1 unspecified atom stereocenters. The van der Waals surface area contributed by atoms with Crippen LogP contribution in [-0.2, 0) is 4.74 Å². The molecule has 1 rings (SSSR count). The maximum Gasteiger partial charge on any atom is 0.198 e. The van der Waals surface area contributed by atoms with E-state index < -0.39 is 5.60 Å². The summed E-state index contributed by atoms with van der Waals surface area (Å²) in [5, 5.41) is 0. The molecule has 0 fully saturated rings. The number of hydrogen-bond acceptors (Lipinski definition) is 4. The lowest BCUT2D eigenvalue weighted by molar-refractivity contribution is 0.0106. The molecule has 16 heavy (non-hydrogen) atoms. The maximum atomic E-state index is 12.3. The average molecular weight is 222 g/mol. The minimum Gasteiger partial charge on any atom is -0.383 e. The topological polar surface area (TPSA) is 65.2 Å². The molecule has 0 aliphatic rings. The van der Waals surface area contributed by atoms with Gasteiger partial charge >= 0.3 is 0 Å². The van der Waals surface area contributed by atoms with E-state index in [2.05, 4.69) is 4.98 Å². The fraction of sp³-hybridized carbons (Fsp3) is 0.500. The third kappa shape index (κ3) is 2.22. The van der Waals surface area contributed by atoms with Crippen LogP contribution in [0.15, 0.2) is 12.3 Å². The summed E-state index contributed by atoms with van der Waals surface area (Å²) in [6.45, 7) is 5.54. The number of carbonyl (C=O) groups excluding carboxylic acids is 1. The van der Waals surface area contributed by atoms with Crippen molar-refractivity contribution in [3.63, 3.8) is 0 Å². The van der Waals surface area contributed by atoms with Gasteiger partial charge in [-0.25, -0.2) is 4.98 Å². The van der Waals surface area contributed by atoms with E-state index in [0.29, 0.717) is 12.0 Å². The highest BCUT2D eigenvalue weighted by Crippen LogP contribution is 2.23. The summed E-state index contributed by atoms with van der Waals surface area (Å²) < 4.78 is 5.27. The number of hydrogen-bond donors (Lipinski definition) is 1. The molecule has 4 heteroatoms. The van der Waals surface area contributed by atoms with Gasteiger partial charge < -0.3 is 10.5 Å². The Morgan fingerprint density at radius 3 is 2.75 bits per heavy atom. The fourth-order valence-corrected chi connectivity index (χ4v) is 1.44. The number of nitrogens with zero attached hydrogens (tertiary/aromatic N) is 1. The number of rotatable bonds is 4. The zero-order valence-corrected chi connectivity index (χ0v) is 10.2. The number of pyridine rings is 1. The molecule has 1 heterocycles. The van der Waals surface area contributed by atoms with E-state index in [-0.39, 0.29) is 11.6 Å². The summed E-state index contributed by atoms with van der Waals surface area (Å²) in [5.41, 5.74) is 6.22. The molecule has 0 saturated heterocycles.